The van der Waals surface area contributed by atoms with Crippen LogP contribution in [0.1, 0.15) is 65.2 Å². The van der Waals surface area contributed by atoms with E-state index in [0.717, 1.165) is 54.6 Å². The van der Waals surface area contributed by atoms with Gasteiger partial charge in [-0.05, 0) is 38.3 Å². The molecule has 2 aromatic rings. The van der Waals surface area contributed by atoms with E-state index in [1.807, 2.05) is 30.5 Å². The van der Waals surface area contributed by atoms with Crippen LogP contribution in [0.25, 0.3) is 10.9 Å². The molecule has 2 N–H and O–H groups in total. The molecule has 1 amide bonds. The van der Waals surface area contributed by atoms with Crippen LogP contribution in [0.2, 0.25) is 0 Å². The number of unbranched alkanes of at least 4 members (excludes halogenated alkanes) is 4. The molecule has 0 unspecified atom stereocenters. The Bertz CT molecular complexity index is 733. The zero-order valence-electron chi connectivity index (χ0n) is 17.6. The largest absolute Gasteiger partial charge is 0.497 e. The minimum absolute atomic E-state index is 0.181. The van der Waals surface area contributed by atoms with Gasteiger partial charge in [-0.25, -0.2) is 0 Å². The van der Waals surface area contributed by atoms with Gasteiger partial charge in [-0.1, -0.05) is 38.7 Å². The third kappa shape index (κ3) is 7.37. The number of benzene rings is 1. The Kier molecular flexibility index (Phi) is 9.60. The van der Waals surface area contributed by atoms with Gasteiger partial charge in [0, 0.05) is 36.7 Å². The zero-order chi connectivity index (χ0) is 20.2. The van der Waals surface area contributed by atoms with Crippen molar-refractivity contribution < 1.29 is 9.53 Å². The van der Waals surface area contributed by atoms with Crippen molar-refractivity contribution in [1.29, 1.82) is 0 Å². The highest BCUT2D eigenvalue weighted by molar-refractivity contribution is 5.91. The van der Waals surface area contributed by atoms with E-state index >= 15 is 0 Å². The quantitative estimate of drug-likeness (QED) is 0.459. The lowest BCUT2D eigenvalue weighted by Gasteiger charge is -2.17. The topological polar surface area (TPSA) is 63.2 Å². The maximum absolute atomic E-state index is 11.9. The molecular formula is C23H35N3O2. The van der Waals surface area contributed by atoms with Crippen LogP contribution in [-0.2, 0) is 4.79 Å². The van der Waals surface area contributed by atoms with Crippen LogP contribution < -0.4 is 15.4 Å². The minimum atomic E-state index is 0.181. The average Bonchev–Trinajstić information content (AvgIpc) is 2.71. The van der Waals surface area contributed by atoms with E-state index in [9.17, 15) is 4.79 Å². The van der Waals surface area contributed by atoms with Gasteiger partial charge < -0.3 is 15.4 Å². The fourth-order valence-corrected chi connectivity index (χ4v) is 3.34. The highest BCUT2D eigenvalue weighted by Crippen LogP contribution is 2.28. The first kappa shape index (κ1) is 22.0. The van der Waals surface area contributed by atoms with Crippen molar-refractivity contribution in [3.8, 4) is 5.75 Å². The van der Waals surface area contributed by atoms with Crippen LogP contribution in [0.5, 0.6) is 5.75 Å². The van der Waals surface area contributed by atoms with Crippen molar-refractivity contribution in [2.24, 2.45) is 0 Å². The SMILES string of the molecule is CCCCCCCC(=O)NCCC[C@@H](C)Nc1cc(OC)cc2cccnc12. The second kappa shape index (κ2) is 12.2. The molecule has 5 nitrogen and oxygen atoms in total. The second-order valence-corrected chi connectivity index (χ2v) is 7.45. The molecule has 0 radical (unpaired) electrons. The summed E-state index contributed by atoms with van der Waals surface area (Å²) in [6.07, 6.45) is 10.3. The van der Waals surface area contributed by atoms with Gasteiger partial charge in [-0.15, -0.1) is 0 Å². The van der Waals surface area contributed by atoms with Gasteiger partial charge >= 0.3 is 0 Å². The summed E-state index contributed by atoms with van der Waals surface area (Å²) in [6.45, 7) is 5.09. The summed E-state index contributed by atoms with van der Waals surface area (Å²) in [5, 5.41) is 7.65. The first-order valence-electron chi connectivity index (χ1n) is 10.6. The molecule has 1 heterocycles. The molecule has 2 rings (SSSR count). The smallest absolute Gasteiger partial charge is 0.219 e. The molecule has 28 heavy (non-hydrogen) atoms. The van der Waals surface area contributed by atoms with Gasteiger partial charge in [-0.2, -0.15) is 0 Å². The van der Waals surface area contributed by atoms with Crippen molar-refractivity contribution >= 4 is 22.5 Å². The molecular weight excluding hydrogens is 350 g/mol. The highest BCUT2D eigenvalue weighted by Gasteiger charge is 2.09. The van der Waals surface area contributed by atoms with Crippen molar-refractivity contribution in [2.45, 2.75) is 71.3 Å². The van der Waals surface area contributed by atoms with E-state index in [1.165, 1.54) is 19.3 Å². The van der Waals surface area contributed by atoms with Crippen LogP contribution in [0.15, 0.2) is 30.5 Å². The van der Waals surface area contributed by atoms with Crippen LogP contribution in [-0.4, -0.2) is 30.6 Å². The number of carbonyl (C=O) groups excluding carboxylic acids is 1. The first-order valence-corrected chi connectivity index (χ1v) is 10.6. The molecule has 1 aromatic heterocycles. The van der Waals surface area contributed by atoms with Gasteiger partial charge in [0.15, 0.2) is 0 Å². The van der Waals surface area contributed by atoms with Crippen molar-refractivity contribution in [1.82, 2.24) is 10.3 Å². The number of nitrogens with one attached hydrogen (secondary N) is 2. The van der Waals surface area contributed by atoms with Gasteiger partial charge in [0.2, 0.25) is 5.91 Å². The second-order valence-electron chi connectivity index (χ2n) is 7.45. The maximum atomic E-state index is 11.9. The molecule has 0 bridgehead atoms. The Morgan fingerprint density at radius 2 is 2.00 bits per heavy atom. The van der Waals surface area contributed by atoms with Crippen LogP contribution in [0.4, 0.5) is 5.69 Å². The predicted octanol–water partition coefficient (Wildman–Crippen LogP) is 5.30. The standard InChI is InChI=1S/C23H35N3O2/c1-4-5-6-7-8-13-22(27)24-14-9-11-18(2)26-21-17-20(28-3)16-19-12-10-15-25-23(19)21/h10,12,15-18,26H,4-9,11,13-14H2,1-3H3,(H,24,27)/t18-/m1/s1. The van der Waals surface area contributed by atoms with Gasteiger partial charge in [0.05, 0.1) is 18.3 Å². The molecule has 1 aromatic carbocycles. The number of anilines is 1. The number of hydrogen-bond donors (Lipinski definition) is 2. The van der Waals surface area contributed by atoms with Gasteiger partial charge in [0.1, 0.15) is 5.75 Å². The maximum Gasteiger partial charge on any atom is 0.219 e. The summed E-state index contributed by atoms with van der Waals surface area (Å²) in [7, 11) is 1.68. The van der Waals surface area contributed by atoms with Gasteiger partial charge in [0.25, 0.3) is 0 Å². The van der Waals surface area contributed by atoms with E-state index in [-0.39, 0.29) is 11.9 Å². The summed E-state index contributed by atoms with van der Waals surface area (Å²) in [6, 6.07) is 8.24. The Morgan fingerprint density at radius 1 is 1.18 bits per heavy atom. The number of amides is 1. The normalized spacial score (nSPS) is 12.0. The lowest BCUT2D eigenvalue weighted by molar-refractivity contribution is -0.121. The van der Waals surface area contributed by atoms with Crippen molar-refractivity contribution in [2.75, 3.05) is 19.0 Å². The number of aromatic nitrogens is 1. The molecule has 0 saturated heterocycles. The lowest BCUT2D eigenvalue weighted by Crippen LogP contribution is -2.25. The van der Waals surface area contributed by atoms with Crippen LogP contribution >= 0.6 is 0 Å². The summed E-state index contributed by atoms with van der Waals surface area (Å²) in [5.74, 6) is 1.00. The molecule has 0 fully saturated rings. The number of fused-ring (bicyclic) bond motifs is 1. The number of carbonyl (C=O) groups is 1. The Morgan fingerprint density at radius 3 is 2.79 bits per heavy atom. The number of pyridine rings is 1. The summed E-state index contributed by atoms with van der Waals surface area (Å²) in [4.78, 5) is 16.4. The average molecular weight is 386 g/mol. The number of hydrogen-bond acceptors (Lipinski definition) is 4. The van der Waals surface area contributed by atoms with Crippen molar-refractivity contribution in [3.05, 3.63) is 30.5 Å². The number of ether oxygens (including phenoxy) is 1. The monoisotopic (exact) mass is 385 g/mol. The summed E-state index contributed by atoms with van der Waals surface area (Å²) < 4.78 is 5.41. The van der Waals surface area contributed by atoms with E-state index in [1.54, 1.807) is 7.11 Å². The Hall–Kier alpha value is -2.30. The van der Waals surface area contributed by atoms with Crippen LogP contribution in [0, 0.1) is 0 Å². The minimum Gasteiger partial charge on any atom is -0.497 e. The first-order chi connectivity index (χ1) is 13.6. The summed E-state index contributed by atoms with van der Waals surface area (Å²) >= 11 is 0. The van der Waals surface area contributed by atoms with E-state index in [2.05, 4.69) is 29.5 Å². The summed E-state index contributed by atoms with van der Waals surface area (Å²) in [5.41, 5.74) is 1.94. The van der Waals surface area contributed by atoms with E-state index in [4.69, 9.17) is 4.74 Å². The fraction of sp³-hybridized carbons (Fsp3) is 0.565. The molecule has 154 valence electrons. The Balaban J connectivity index is 1.72. The number of rotatable bonds is 13. The van der Waals surface area contributed by atoms with E-state index < -0.39 is 0 Å². The third-order valence-corrected chi connectivity index (χ3v) is 4.96. The molecule has 0 aliphatic heterocycles. The molecule has 0 spiro atoms. The number of nitrogens with zero attached hydrogens (tertiary/aromatic N) is 1. The molecule has 5 heteroatoms. The molecule has 0 aliphatic carbocycles. The zero-order valence-corrected chi connectivity index (χ0v) is 17.6. The third-order valence-electron chi connectivity index (χ3n) is 4.96. The lowest BCUT2D eigenvalue weighted by atomic mass is 10.1. The molecule has 0 saturated carbocycles. The van der Waals surface area contributed by atoms with Gasteiger partial charge in [-0.3, -0.25) is 9.78 Å². The fourth-order valence-electron chi connectivity index (χ4n) is 3.34. The Labute approximate surface area is 169 Å². The number of methoxy groups -OCH3 is 1. The molecule has 0 aliphatic rings. The predicted molar refractivity (Wildman–Crippen MR) is 117 cm³/mol. The molecule has 1 atom stereocenters. The highest BCUT2D eigenvalue weighted by atomic mass is 16.5. The van der Waals surface area contributed by atoms with E-state index in [0.29, 0.717) is 6.42 Å². The van der Waals surface area contributed by atoms with Crippen LogP contribution in [0.3, 0.4) is 0 Å². The van der Waals surface area contributed by atoms with Crippen molar-refractivity contribution in [3.63, 3.8) is 0 Å².